The van der Waals surface area contributed by atoms with Gasteiger partial charge >= 0.3 is 5.97 Å². The summed E-state index contributed by atoms with van der Waals surface area (Å²) in [6, 6.07) is 0. The van der Waals surface area contributed by atoms with Crippen LogP contribution in [0.15, 0.2) is 0 Å². The first-order valence-corrected chi connectivity index (χ1v) is 6.97. The van der Waals surface area contributed by atoms with Crippen LogP contribution in [-0.2, 0) is 9.59 Å². The molecule has 3 N–H and O–H groups in total. The molecule has 0 bridgehead atoms. The molecule has 0 aromatic rings. The molecule has 1 unspecified atom stereocenters. The van der Waals surface area contributed by atoms with Crippen molar-refractivity contribution in [3.63, 3.8) is 0 Å². The summed E-state index contributed by atoms with van der Waals surface area (Å²) in [5.41, 5.74) is -1.06. The molecule has 1 aliphatic carbocycles. The van der Waals surface area contributed by atoms with Gasteiger partial charge in [0, 0.05) is 6.54 Å². The van der Waals surface area contributed by atoms with Crippen LogP contribution < -0.4 is 5.32 Å². The largest absolute Gasteiger partial charge is 0.480 e. The lowest BCUT2D eigenvalue weighted by Gasteiger charge is -2.31. The number of carboxylic acids is 1. The van der Waals surface area contributed by atoms with Gasteiger partial charge in [-0.1, -0.05) is 12.8 Å². The first-order chi connectivity index (χ1) is 9.02. The fourth-order valence-corrected chi connectivity index (χ4v) is 3.06. The Labute approximate surface area is 112 Å². The predicted octanol–water partition coefficient (Wildman–Crippen LogP) is -0.0433. The van der Waals surface area contributed by atoms with Crippen molar-refractivity contribution in [2.24, 2.45) is 0 Å². The average Bonchev–Trinajstić information content (AvgIpc) is 2.78. The van der Waals surface area contributed by atoms with Crippen LogP contribution >= 0.6 is 0 Å². The fourth-order valence-electron chi connectivity index (χ4n) is 3.06. The van der Waals surface area contributed by atoms with Crippen molar-refractivity contribution in [1.82, 2.24) is 10.2 Å². The minimum atomic E-state index is -1.06. The van der Waals surface area contributed by atoms with Gasteiger partial charge in [0.15, 0.2) is 0 Å². The predicted molar refractivity (Wildman–Crippen MR) is 68.7 cm³/mol. The number of carbonyl (C=O) groups is 2. The molecule has 0 radical (unpaired) electrons. The van der Waals surface area contributed by atoms with Gasteiger partial charge in [-0.2, -0.15) is 0 Å². The third kappa shape index (κ3) is 3.45. The van der Waals surface area contributed by atoms with Crippen molar-refractivity contribution < 1.29 is 19.8 Å². The number of piperidine rings is 1. The lowest BCUT2D eigenvalue weighted by molar-refractivity contribution is -0.147. The van der Waals surface area contributed by atoms with Gasteiger partial charge < -0.3 is 15.5 Å². The molecule has 2 fully saturated rings. The number of amides is 1. The van der Waals surface area contributed by atoms with Crippen LogP contribution in [-0.4, -0.2) is 58.3 Å². The van der Waals surface area contributed by atoms with E-state index in [2.05, 4.69) is 5.32 Å². The van der Waals surface area contributed by atoms with Crippen LogP contribution in [0.3, 0.4) is 0 Å². The lowest BCUT2D eigenvalue weighted by atomic mass is 9.98. The van der Waals surface area contributed by atoms with Crippen molar-refractivity contribution in [1.29, 1.82) is 0 Å². The van der Waals surface area contributed by atoms with Crippen LogP contribution in [0.1, 0.15) is 38.5 Å². The summed E-state index contributed by atoms with van der Waals surface area (Å²) in [6.07, 6.45) is 3.98. The average molecular weight is 270 g/mol. The number of aliphatic hydroxyl groups excluding tert-OH is 1. The molecule has 19 heavy (non-hydrogen) atoms. The highest BCUT2D eigenvalue weighted by atomic mass is 16.4. The molecule has 1 atom stereocenters. The number of nitrogens with one attached hydrogen (secondary N) is 1. The zero-order valence-corrected chi connectivity index (χ0v) is 11.1. The number of nitrogens with zero attached hydrogens (tertiary/aromatic N) is 1. The maximum atomic E-state index is 12.0. The second-order valence-corrected chi connectivity index (χ2v) is 5.67. The summed E-state index contributed by atoms with van der Waals surface area (Å²) in [6.45, 7) is 1.45. The third-order valence-electron chi connectivity index (χ3n) is 4.09. The summed E-state index contributed by atoms with van der Waals surface area (Å²) in [4.78, 5) is 25.2. The standard InChI is InChI=1S/C13H22N2O4/c16-10-4-3-7-15(8-10)9-11(17)14-13(12(18)19)5-1-2-6-13/h10,16H,1-9H2,(H,14,17)(H,18,19). The fraction of sp³-hybridized carbons (Fsp3) is 0.846. The van der Waals surface area contributed by atoms with Crippen LogP contribution in [0.5, 0.6) is 0 Å². The van der Waals surface area contributed by atoms with E-state index < -0.39 is 11.5 Å². The van der Waals surface area contributed by atoms with E-state index in [1.807, 2.05) is 4.90 Å². The van der Waals surface area contributed by atoms with Gasteiger partial charge in [0.25, 0.3) is 0 Å². The summed E-state index contributed by atoms with van der Waals surface area (Å²) in [5, 5.41) is 21.5. The van der Waals surface area contributed by atoms with Gasteiger partial charge in [0.05, 0.1) is 12.6 Å². The smallest absolute Gasteiger partial charge is 0.329 e. The van der Waals surface area contributed by atoms with E-state index in [0.717, 1.165) is 32.2 Å². The second-order valence-electron chi connectivity index (χ2n) is 5.67. The van der Waals surface area contributed by atoms with Crippen molar-refractivity contribution in [3.05, 3.63) is 0 Å². The zero-order chi connectivity index (χ0) is 13.9. The van der Waals surface area contributed by atoms with Crippen LogP contribution in [0.4, 0.5) is 0 Å². The molecule has 2 aliphatic rings. The lowest BCUT2D eigenvalue weighted by Crippen LogP contribution is -2.55. The van der Waals surface area contributed by atoms with Gasteiger partial charge in [0.1, 0.15) is 5.54 Å². The SMILES string of the molecule is O=C(CN1CCCC(O)C1)NC1(C(=O)O)CCCC1. The zero-order valence-electron chi connectivity index (χ0n) is 11.1. The van der Waals surface area contributed by atoms with Crippen molar-refractivity contribution in [2.75, 3.05) is 19.6 Å². The van der Waals surface area contributed by atoms with Crippen molar-refractivity contribution in [2.45, 2.75) is 50.2 Å². The summed E-state index contributed by atoms with van der Waals surface area (Å²) < 4.78 is 0. The molecule has 0 aromatic carbocycles. The molecule has 1 saturated heterocycles. The van der Waals surface area contributed by atoms with Gasteiger partial charge in [-0.3, -0.25) is 9.69 Å². The topological polar surface area (TPSA) is 89.9 Å². The molecule has 1 saturated carbocycles. The van der Waals surface area contributed by atoms with E-state index in [4.69, 9.17) is 0 Å². The van der Waals surface area contributed by atoms with Crippen molar-refractivity contribution >= 4 is 11.9 Å². The van der Waals surface area contributed by atoms with E-state index in [-0.39, 0.29) is 18.6 Å². The minimum Gasteiger partial charge on any atom is -0.480 e. The Morgan fingerprint density at radius 1 is 1.26 bits per heavy atom. The second kappa shape index (κ2) is 5.88. The quantitative estimate of drug-likeness (QED) is 0.667. The first-order valence-electron chi connectivity index (χ1n) is 6.97. The molecular weight excluding hydrogens is 248 g/mol. The van der Waals surface area contributed by atoms with Gasteiger partial charge in [-0.15, -0.1) is 0 Å². The van der Waals surface area contributed by atoms with Crippen LogP contribution in [0.25, 0.3) is 0 Å². The molecular formula is C13H22N2O4. The highest BCUT2D eigenvalue weighted by Gasteiger charge is 2.42. The van der Waals surface area contributed by atoms with E-state index in [1.54, 1.807) is 0 Å². The van der Waals surface area contributed by atoms with Crippen LogP contribution in [0.2, 0.25) is 0 Å². The maximum absolute atomic E-state index is 12.0. The summed E-state index contributed by atoms with van der Waals surface area (Å²) in [7, 11) is 0. The van der Waals surface area contributed by atoms with E-state index in [0.29, 0.717) is 19.4 Å². The number of β-amino-alcohol motifs (C(OH)–C–C–N with tert-alkyl or cyclic N) is 1. The molecule has 1 aliphatic heterocycles. The van der Waals surface area contributed by atoms with E-state index in [1.165, 1.54) is 0 Å². The monoisotopic (exact) mass is 270 g/mol. The molecule has 0 aromatic heterocycles. The van der Waals surface area contributed by atoms with Gasteiger partial charge in [-0.25, -0.2) is 4.79 Å². The summed E-state index contributed by atoms with van der Waals surface area (Å²) >= 11 is 0. The Kier molecular flexibility index (Phi) is 4.42. The van der Waals surface area contributed by atoms with Crippen LogP contribution in [0, 0.1) is 0 Å². The highest BCUT2D eigenvalue weighted by molar-refractivity contribution is 5.88. The molecule has 2 rings (SSSR count). The first kappa shape index (κ1) is 14.3. The minimum absolute atomic E-state index is 0.173. The molecule has 108 valence electrons. The molecule has 1 amide bonds. The van der Waals surface area contributed by atoms with Gasteiger partial charge in [0.2, 0.25) is 5.91 Å². The number of aliphatic hydroxyl groups is 1. The Balaban J connectivity index is 1.87. The molecule has 0 spiro atoms. The summed E-state index contributed by atoms with van der Waals surface area (Å²) in [5.74, 6) is -1.18. The Morgan fingerprint density at radius 2 is 1.95 bits per heavy atom. The molecule has 6 heteroatoms. The van der Waals surface area contributed by atoms with E-state index >= 15 is 0 Å². The number of hydrogen-bond acceptors (Lipinski definition) is 4. The Morgan fingerprint density at radius 3 is 2.53 bits per heavy atom. The van der Waals surface area contributed by atoms with Gasteiger partial charge in [-0.05, 0) is 32.2 Å². The molecule has 6 nitrogen and oxygen atoms in total. The Bertz CT molecular complexity index is 353. The number of carbonyl (C=O) groups excluding carboxylic acids is 1. The van der Waals surface area contributed by atoms with E-state index in [9.17, 15) is 19.8 Å². The third-order valence-corrected chi connectivity index (χ3v) is 4.09. The number of carboxylic acid groups (broad SMARTS) is 1. The number of hydrogen-bond donors (Lipinski definition) is 3. The molecule has 1 heterocycles. The number of aliphatic carboxylic acids is 1. The number of rotatable bonds is 4. The maximum Gasteiger partial charge on any atom is 0.329 e. The highest BCUT2D eigenvalue weighted by Crippen LogP contribution is 2.29. The Hall–Kier alpha value is -1.14. The van der Waals surface area contributed by atoms with Crippen molar-refractivity contribution in [3.8, 4) is 0 Å². The number of likely N-dealkylation sites (tertiary alicyclic amines) is 1. The normalized spacial score (nSPS) is 27.1.